The van der Waals surface area contributed by atoms with E-state index in [1.165, 1.54) is 0 Å². The first-order valence-electron chi connectivity index (χ1n) is 8.38. The van der Waals surface area contributed by atoms with Gasteiger partial charge in [0.2, 0.25) is 5.79 Å². The first-order valence-corrected chi connectivity index (χ1v) is 8.38. The van der Waals surface area contributed by atoms with Gasteiger partial charge in [0.1, 0.15) is 30.5 Å². The Kier molecular flexibility index (Phi) is 8.98. The summed E-state index contributed by atoms with van der Waals surface area (Å²) in [5.74, 6) is 0.962. The second-order valence-corrected chi connectivity index (χ2v) is 6.45. The Hall–Kier alpha value is -1.38. The highest BCUT2D eigenvalue weighted by molar-refractivity contribution is 5.81. The van der Waals surface area contributed by atoms with Crippen molar-refractivity contribution >= 4 is 11.7 Å². The van der Waals surface area contributed by atoms with Crippen molar-refractivity contribution in [3.63, 3.8) is 0 Å². The molecule has 1 heterocycles. The molecule has 1 aliphatic rings. The number of ether oxygens (including phenoxy) is 2. The van der Waals surface area contributed by atoms with E-state index >= 15 is 0 Å². The van der Waals surface area contributed by atoms with Crippen LogP contribution < -0.4 is 16.3 Å². The number of hydrogen-bond acceptors (Lipinski definition) is 12. The Morgan fingerprint density at radius 3 is 2.59 bits per heavy atom. The fraction of sp³-hybridized carbons (Fsp3) is 0.867. The van der Waals surface area contributed by atoms with Crippen molar-refractivity contribution in [3.8, 4) is 0 Å². The van der Waals surface area contributed by atoms with Crippen LogP contribution in [-0.4, -0.2) is 93.4 Å². The number of aliphatic carboxylic acids is 1. The molecule has 8 N–H and O–H groups in total. The highest BCUT2D eigenvalue weighted by atomic mass is 16.7. The summed E-state index contributed by atoms with van der Waals surface area (Å²) in [5, 5.41) is 67.1. The Balaban J connectivity index is 3.03. The molecule has 0 aromatic heterocycles. The van der Waals surface area contributed by atoms with Crippen LogP contribution in [0.4, 0.5) is 0 Å². The first-order chi connectivity index (χ1) is 12.6. The SMILES string of the molecule is CO[C@]1(C(=O)[O-])C[C@@H](O)[C@@H](NC(O)CC/C(C)=N\N)C([C@H](O)[C@H](O)CO)O1. The summed E-state index contributed by atoms with van der Waals surface area (Å²) in [6, 6.07) is -1.19. The van der Waals surface area contributed by atoms with Gasteiger partial charge in [-0.25, -0.2) is 0 Å². The predicted molar refractivity (Wildman–Crippen MR) is 88.8 cm³/mol. The van der Waals surface area contributed by atoms with Gasteiger partial charge in [-0.3, -0.25) is 5.32 Å². The van der Waals surface area contributed by atoms with Crippen LogP contribution in [0.15, 0.2) is 5.10 Å². The van der Waals surface area contributed by atoms with Crippen molar-refractivity contribution in [1.82, 2.24) is 5.32 Å². The number of hydrogen-bond donors (Lipinski definition) is 7. The van der Waals surface area contributed by atoms with Crippen molar-refractivity contribution in [1.29, 1.82) is 0 Å². The van der Waals surface area contributed by atoms with Gasteiger partial charge < -0.3 is 50.8 Å². The molecule has 12 heteroatoms. The quantitative estimate of drug-likeness (QED) is 0.0810. The van der Waals surface area contributed by atoms with Crippen LogP contribution in [0, 0.1) is 0 Å². The topological polar surface area (TPSA) is 210 Å². The number of nitrogens with zero attached hydrogens (tertiary/aromatic N) is 1. The second-order valence-electron chi connectivity index (χ2n) is 6.45. The maximum atomic E-state index is 11.4. The summed E-state index contributed by atoms with van der Waals surface area (Å²) in [6.45, 7) is 0.812. The number of carboxylic acids is 1. The molecule has 1 fully saturated rings. The minimum Gasteiger partial charge on any atom is -0.544 e. The van der Waals surface area contributed by atoms with Crippen molar-refractivity contribution in [3.05, 3.63) is 0 Å². The number of methoxy groups -OCH3 is 1. The van der Waals surface area contributed by atoms with Crippen molar-refractivity contribution in [2.75, 3.05) is 13.7 Å². The molecule has 0 spiro atoms. The number of carboxylic acid groups (broad SMARTS) is 1. The zero-order valence-corrected chi connectivity index (χ0v) is 15.2. The fourth-order valence-corrected chi connectivity index (χ4v) is 2.84. The molecule has 7 atom stereocenters. The molecule has 1 rings (SSSR count). The first kappa shape index (κ1) is 23.7. The Labute approximate surface area is 156 Å². The molecule has 27 heavy (non-hydrogen) atoms. The van der Waals surface area contributed by atoms with E-state index in [9.17, 15) is 30.3 Å². The fourth-order valence-electron chi connectivity index (χ4n) is 2.84. The highest BCUT2D eigenvalue weighted by Gasteiger charge is 2.51. The summed E-state index contributed by atoms with van der Waals surface area (Å²) in [5.41, 5.74) is 0.568. The molecule has 0 bridgehead atoms. The molecule has 0 aliphatic carbocycles. The molecule has 0 saturated carbocycles. The molecular formula is C15H28N3O9-. The van der Waals surface area contributed by atoms with Gasteiger partial charge in [-0.15, -0.1) is 0 Å². The number of carbonyl (C=O) groups is 1. The lowest BCUT2D eigenvalue weighted by molar-refractivity contribution is -0.378. The molecule has 1 saturated heterocycles. The maximum Gasteiger partial charge on any atom is 0.212 e. The van der Waals surface area contributed by atoms with Gasteiger partial charge in [0.05, 0.1) is 18.8 Å². The normalized spacial score (nSPS) is 32.7. The molecule has 158 valence electrons. The monoisotopic (exact) mass is 394 g/mol. The zero-order chi connectivity index (χ0) is 20.8. The maximum absolute atomic E-state index is 11.4. The van der Waals surface area contributed by atoms with Crippen molar-refractivity contribution in [2.45, 2.75) is 68.7 Å². The molecule has 0 radical (unpaired) electrons. The number of hydrazone groups is 1. The summed E-state index contributed by atoms with van der Waals surface area (Å²) < 4.78 is 10.1. The van der Waals surface area contributed by atoms with Gasteiger partial charge in [0, 0.05) is 19.2 Å². The number of rotatable bonds is 10. The summed E-state index contributed by atoms with van der Waals surface area (Å²) >= 11 is 0. The van der Waals surface area contributed by atoms with Crippen molar-refractivity contribution < 1.29 is 44.9 Å². The number of nitrogens with two attached hydrogens (primary N) is 1. The third-order valence-corrected chi connectivity index (χ3v) is 4.52. The average Bonchev–Trinajstić information content (AvgIpc) is 2.65. The third kappa shape index (κ3) is 5.80. The lowest BCUT2D eigenvalue weighted by Crippen LogP contribution is -2.69. The number of aliphatic hydroxyl groups is 5. The standard InChI is InChI=1S/C15H29N3O9/c1-7(18-16)3-4-10(22)17-11-8(20)5-15(26-2,14(24)25)27-13(11)12(23)9(21)6-19/h8-13,17,19-23H,3-6,16H2,1-2H3,(H,24,25)/p-1/b18-7-/t8-,9-,10?,11-,12-,13?,15-/m1/s1. The van der Waals surface area contributed by atoms with E-state index in [2.05, 4.69) is 10.4 Å². The number of nitrogens with one attached hydrogen (secondary N) is 1. The van der Waals surface area contributed by atoms with E-state index in [4.69, 9.17) is 20.4 Å². The Morgan fingerprint density at radius 1 is 1.48 bits per heavy atom. The van der Waals surface area contributed by atoms with E-state index in [1.807, 2.05) is 0 Å². The zero-order valence-electron chi connectivity index (χ0n) is 15.2. The predicted octanol–water partition coefficient (Wildman–Crippen LogP) is -4.67. The van der Waals surface area contributed by atoms with Gasteiger partial charge in [-0.2, -0.15) is 5.10 Å². The van der Waals surface area contributed by atoms with E-state index in [0.717, 1.165) is 7.11 Å². The molecule has 0 aromatic carbocycles. The Morgan fingerprint density at radius 2 is 2.11 bits per heavy atom. The number of carbonyl (C=O) groups excluding carboxylic acids is 1. The molecule has 0 amide bonds. The molecular weight excluding hydrogens is 366 g/mol. The van der Waals surface area contributed by atoms with Crippen LogP contribution in [0.25, 0.3) is 0 Å². The third-order valence-electron chi connectivity index (χ3n) is 4.52. The van der Waals surface area contributed by atoms with Gasteiger partial charge in [0.25, 0.3) is 0 Å². The largest absolute Gasteiger partial charge is 0.544 e. The number of aliphatic hydroxyl groups excluding tert-OH is 5. The van der Waals surface area contributed by atoms with Crippen LogP contribution in [0.2, 0.25) is 0 Å². The van der Waals surface area contributed by atoms with Crippen LogP contribution in [0.3, 0.4) is 0 Å². The van der Waals surface area contributed by atoms with Gasteiger partial charge in [-0.1, -0.05) is 0 Å². The van der Waals surface area contributed by atoms with Crippen LogP contribution >= 0.6 is 0 Å². The smallest absolute Gasteiger partial charge is 0.212 e. The lowest BCUT2D eigenvalue weighted by Gasteiger charge is -2.49. The second kappa shape index (κ2) is 10.2. The molecule has 1 aliphatic heterocycles. The van der Waals surface area contributed by atoms with E-state index in [1.54, 1.807) is 6.92 Å². The summed E-state index contributed by atoms with van der Waals surface area (Å²) in [6.07, 6.45) is -7.75. The van der Waals surface area contributed by atoms with Crippen molar-refractivity contribution in [2.24, 2.45) is 10.9 Å². The molecule has 0 aromatic rings. The van der Waals surface area contributed by atoms with Crippen LogP contribution in [0.5, 0.6) is 0 Å². The molecule has 2 unspecified atom stereocenters. The van der Waals surface area contributed by atoms with Crippen LogP contribution in [-0.2, 0) is 14.3 Å². The lowest BCUT2D eigenvalue weighted by atomic mass is 9.88. The van der Waals surface area contributed by atoms with Gasteiger partial charge in [0.15, 0.2) is 0 Å². The van der Waals surface area contributed by atoms with Crippen LogP contribution in [0.1, 0.15) is 26.2 Å². The average molecular weight is 394 g/mol. The Bertz CT molecular complexity index is 521. The van der Waals surface area contributed by atoms with E-state index < -0.39 is 61.5 Å². The minimum absolute atomic E-state index is 0.150. The summed E-state index contributed by atoms with van der Waals surface area (Å²) in [4.78, 5) is 11.4. The van der Waals surface area contributed by atoms with E-state index in [0.29, 0.717) is 12.1 Å². The van der Waals surface area contributed by atoms with Gasteiger partial charge in [-0.05, 0) is 19.8 Å². The van der Waals surface area contributed by atoms with Gasteiger partial charge >= 0.3 is 0 Å². The van der Waals surface area contributed by atoms with E-state index in [-0.39, 0.29) is 6.42 Å². The highest BCUT2D eigenvalue weighted by Crippen LogP contribution is 2.32. The minimum atomic E-state index is -2.37. The summed E-state index contributed by atoms with van der Waals surface area (Å²) in [7, 11) is 1.02. The molecule has 12 nitrogen and oxygen atoms in total.